The van der Waals surface area contributed by atoms with Gasteiger partial charge in [0.1, 0.15) is 0 Å². The zero-order valence-corrected chi connectivity index (χ0v) is 18.8. The lowest BCUT2D eigenvalue weighted by molar-refractivity contribution is -0.129. The molecule has 0 aliphatic carbocycles. The summed E-state index contributed by atoms with van der Waals surface area (Å²) in [6.07, 6.45) is 1.94. The van der Waals surface area contributed by atoms with Crippen molar-refractivity contribution in [3.05, 3.63) is 78.0 Å². The van der Waals surface area contributed by atoms with E-state index in [-0.39, 0.29) is 18.4 Å². The van der Waals surface area contributed by atoms with Crippen LogP contribution in [0.4, 0.5) is 4.79 Å². The van der Waals surface area contributed by atoms with Crippen molar-refractivity contribution in [3.63, 3.8) is 0 Å². The minimum absolute atomic E-state index is 0.0191. The third-order valence-electron chi connectivity index (χ3n) is 5.29. The Morgan fingerprint density at radius 3 is 2.38 bits per heavy atom. The summed E-state index contributed by atoms with van der Waals surface area (Å²) in [6.45, 7) is 1.50. The van der Waals surface area contributed by atoms with Crippen molar-refractivity contribution in [2.75, 3.05) is 27.2 Å². The Bertz CT molecular complexity index is 988. The van der Waals surface area contributed by atoms with Crippen molar-refractivity contribution in [1.82, 2.24) is 25.3 Å². The van der Waals surface area contributed by atoms with Crippen LogP contribution in [0, 0.1) is 0 Å². The van der Waals surface area contributed by atoms with E-state index < -0.39 is 0 Å². The molecule has 2 aromatic carbocycles. The average molecular weight is 434 g/mol. The Labute approximate surface area is 189 Å². The largest absolute Gasteiger partial charge is 0.346 e. The summed E-state index contributed by atoms with van der Waals surface area (Å²) in [4.78, 5) is 27.9. The summed E-state index contributed by atoms with van der Waals surface area (Å²) < 4.78 is 0. The van der Waals surface area contributed by atoms with Gasteiger partial charge >= 0.3 is 6.03 Å². The summed E-state index contributed by atoms with van der Waals surface area (Å²) in [5.74, 6) is 0.0191. The van der Waals surface area contributed by atoms with Crippen LogP contribution in [0.1, 0.15) is 24.1 Å². The van der Waals surface area contributed by atoms with Gasteiger partial charge in [-0.25, -0.2) is 4.79 Å². The maximum absolute atomic E-state index is 12.4. The lowest BCUT2D eigenvalue weighted by Crippen LogP contribution is -2.39. The summed E-state index contributed by atoms with van der Waals surface area (Å²) >= 11 is 0. The van der Waals surface area contributed by atoms with Gasteiger partial charge in [0.15, 0.2) is 0 Å². The second-order valence-corrected chi connectivity index (χ2v) is 7.89. The molecule has 3 aromatic rings. The van der Waals surface area contributed by atoms with Crippen molar-refractivity contribution in [3.8, 4) is 11.3 Å². The van der Waals surface area contributed by atoms with Crippen LogP contribution in [0.15, 0.2) is 66.7 Å². The van der Waals surface area contributed by atoms with Crippen LogP contribution in [0.25, 0.3) is 11.3 Å². The number of rotatable bonds is 10. The van der Waals surface area contributed by atoms with E-state index in [1.165, 1.54) is 0 Å². The molecule has 1 heterocycles. The predicted octanol–water partition coefficient (Wildman–Crippen LogP) is 3.70. The van der Waals surface area contributed by atoms with Crippen molar-refractivity contribution in [2.45, 2.75) is 25.8 Å². The van der Waals surface area contributed by atoms with Crippen LogP contribution in [0.3, 0.4) is 0 Å². The molecule has 2 N–H and O–H groups in total. The van der Waals surface area contributed by atoms with Crippen LogP contribution in [-0.4, -0.2) is 59.1 Å². The minimum atomic E-state index is -0.183. The van der Waals surface area contributed by atoms with Crippen molar-refractivity contribution in [1.29, 1.82) is 0 Å². The van der Waals surface area contributed by atoms with Crippen molar-refractivity contribution < 1.29 is 9.59 Å². The van der Waals surface area contributed by atoms with Gasteiger partial charge in [0.05, 0.1) is 5.69 Å². The molecule has 1 aromatic heterocycles. The molecule has 32 heavy (non-hydrogen) atoms. The van der Waals surface area contributed by atoms with Crippen LogP contribution in [0.5, 0.6) is 0 Å². The van der Waals surface area contributed by atoms with Gasteiger partial charge in [-0.1, -0.05) is 60.7 Å². The lowest BCUT2D eigenvalue weighted by Gasteiger charge is -2.19. The van der Waals surface area contributed by atoms with Crippen molar-refractivity contribution >= 4 is 11.9 Å². The van der Waals surface area contributed by atoms with E-state index in [1.807, 2.05) is 60.7 Å². The Morgan fingerprint density at radius 2 is 1.66 bits per heavy atom. The Balaban J connectivity index is 1.33. The number of hydrogen-bond acceptors (Lipinski definition) is 3. The van der Waals surface area contributed by atoms with Crippen LogP contribution in [-0.2, 0) is 17.8 Å². The molecule has 0 spiro atoms. The fourth-order valence-electron chi connectivity index (χ4n) is 3.41. The molecule has 0 atom stereocenters. The molecule has 0 radical (unpaired) electrons. The van der Waals surface area contributed by atoms with Gasteiger partial charge in [0.25, 0.3) is 0 Å². The van der Waals surface area contributed by atoms with Crippen LogP contribution >= 0.6 is 0 Å². The first-order valence-electron chi connectivity index (χ1n) is 10.9. The molecule has 0 bridgehead atoms. The maximum atomic E-state index is 12.4. The summed E-state index contributed by atoms with van der Waals surface area (Å²) in [5, 5.41) is 10.3. The molecule has 0 saturated carbocycles. The van der Waals surface area contributed by atoms with Gasteiger partial charge in [-0.2, -0.15) is 5.10 Å². The number of aromatic nitrogens is 2. The van der Waals surface area contributed by atoms with Gasteiger partial charge in [-0.15, -0.1) is 0 Å². The second-order valence-electron chi connectivity index (χ2n) is 7.89. The average Bonchev–Trinajstić information content (AvgIpc) is 3.29. The van der Waals surface area contributed by atoms with Crippen LogP contribution < -0.4 is 5.32 Å². The molecule has 0 aliphatic heterocycles. The highest BCUT2D eigenvalue weighted by Gasteiger charge is 2.12. The molecule has 7 nitrogen and oxygen atoms in total. The summed E-state index contributed by atoms with van der Waals surface area (Å²) in [6, 6.07) is 21.7. The zero-order valence-electron chi connectivity index (χ0n) is 18.8. The van der Waals surface area contributed by atoms with E-state index in [0.29, 0.717) is 19.6 Å². The van der Waals surface area contributed by atoms with E-state index >= 15 is 0 Å². The number of amides is 3. The number of H-pyrrole nitrogens is 1. The number of benzene rings is 2. The van der Waals surface area contributed by atoms with Gasteiger partial charge in [0.2, 0.25) is 5.91 Å². The molecular formula is C25H31N5O2. The molecule has 0 saturated heterocycles. The lowest BCUT2D eigenvalue weighted by atomic mass is 10.1. The number of aromatic amines is 1. The van der Waals surface area contributed by atoms with E-state index in [9.17, 15) is 9.59 Å². The normalized spacial score (nSPS) is 10.6. The fraction of sp³-hybridized carbons (Fsp3) is 0.320. The van der Waals surface area contributed by atoms with Crippen molar-refractivity contribution in [2.24, 2.45) is 0 Å². The maximum Gasteiger partial charge on any atom is 0.317 e. The SMILES string of the molecule is CN(CCCc1cc(-c2ccccc2)n[nH]1)C(=O)CCNC(=O)N(C)Cc1ccccc1. The second kappa shape index (κ2) is 11.7. The fourth-order valence-corrected chi connectivity index (χ4v) is 3.41. The highest BCUT2D eigenvalue weighted by atomic mass is 16.2. The van der Waals surface area contributed by atoms with E-state index in [0.717, 1.165) is 35.4 Å². The van der Waals surface area contributed by atoms with E-state index in [2.05, 4.69) is 21.6 Å². The quantitative estimate of drug-likeness (QED) is 0.512. The third kappa shape index (κ3) is 6.97. The molecule has 3 rings (SSSR count). The molecule has 0 fully saturated rings. The number of nitrogens with zero attached hydrogens (tertiary/aromatic N) is 3. The predicted molar refractivity (Wildman–Crippen MR) is 126 cm³/mol. The number of hydrogen-bond donors (Lipinski definition) is 2. The molecule has 168 valence electrons. The van der Waals surface area contributed by atoms with Gasteiger partial charge < -0.3 is 15.1 Å². The first kappa shape index (κ1) is 23.1. The molecule has 0 unspecified atom stereocenters. The number of aryl methyl sites for hydroxylation is 1. The zero-order chi connectivity index (χ0) is 22.8. The number of urea groups is 1. The molecule has 3 amide bonds. The molecule has 7 heteroatoms. The Hall–Kier alpha value is -3.61. The first-order chi connectivity index (χ1) is 15.5. The van der Waals surface area contributed by atoms with E-state index in [4.69, 9.17) is 0 Å². The van der Waals surface area contributed by atoms with Gasteiger partial charge in [0, 0.05) is 51.4 Å². The summed E-state index contributed by atoms with van der Waals surface area (Å²) in [5.41, 5.74) is 4.13. The smallest absolute Gasteiger partial charge is 0.317 e. The Morgan fingerprint density at radius 1 is 0.969 bits per heavy atom. The van der Waals surface area contributed by atoms with Gasteiger partial charge in [-0.05, 0) is 24.5 Å². The Kier molecular flexibility index (Phi) is 8.43. The topological polar surface area (TPSA) is 81.3 Å². The van der Waals surface area contributed by atoms with Gasteiger partial charge in [-0.3, -0.25) is 9.89 Å². The van der Waals surface area contributed by atoms with Crippen LogP contribution in [0.2, 0.25) is 0 Å². The minimum Gasteiger partial charge on any atom is -0.346 e. The molecule has 0 aliphatic rings. The van der Waals surface area contributed by atoms with E-state index in [1.54, 1.807) is 23.9 Å². The number of nitrogens with one attached hydrogen (secondary N) is 2. The first-order valence-corrected chi connectivity index (χ1v) is 10.9. The standard InChI is InChI=1S/C25H31N5O2/c1-29(17-9-14-22-18-23(28-27-22)21-12-7-4-8-13-21)24(31)15-16-26-25(32)30(2)19-20-10-5-3-6-11-20/h3-8,10-13,18H,9,14-17,19H2,1-2H3,(H,26,32)(H,27,28). The summed E-state index contributed by atoms with van der Waals surface area (Å²) in [7, 11) is 3.54. The monoisotopic (exact) mass is 433 g/mol. The highest BCUT2D eigenvalue weighted by molar-refractivity contribution is 5.78. The third-order valence-corrected chi connectivity index (χ3v) is 5.29. The number of carbonyl (C=O) groups excluding carboxylic acids is 2. The highest BCUT2D eigenvalue weighted by Crippen LogP contribution is 2.17. The molecular weight excluding hydrogens is 402 g/mol. The number of carbonyl (C=O) groups is 2.